The minimum Gasteiger partial charge on any atom is -0.317 e. The van der Waals surface area contributed by atoms with Crippen molar-refractivity contribution in [2.75, 3.05) is 18.4 Å². The Balaban J connectivity index is 0.00000144. The standard InChI is InChI=1S/C16H21N5O.2ClH/c22-16(2-1-13-3-8-17-9-4-13)19-15-7-12-21(20-15)14-5-10-18-11-6-14;;/h5-7,10-13,17H,1-4,8-9H2,(H,19,20,22);2*1H. The molecule has 1 saturated heterocycles. The summed E-state index contributed by atoms with van der Waals surface area (Å²) in [6, 6.07) is 5.55. The third-order valence-corrected chi connectivity index (χ3v) is 4.02. The van der Waals surface area contributed by atoms with Gasteiger partial charge in [0.2, 0.25) is 5.91 Å². The molecule has 132 valence electrons. The van der Waals surface area contributed by atoms with Crippen LogP contribution in [0.15, 0.2) is 36.8 Å². The van der Waals surface area contributed by atoms with Crippen LogP contribution in [-0.4, -0.2) is 33.8 Å². The summed E-state index contributed by atoms with van der Waals surface area (Å²) in [7, 11) is 0. The van der Waals surface area contributed by atoms with Crippen molar-refractivity contribution < 1.29 is 4.79 Å². The SMILES string of the molecule is Cl.Cl.O=C(CCC1CCNCC1)Nc1ccn(-c2ccncc2)n1. The van der Waals surface area contributed by atoms with Gasteiger partial charge in [-0.3, -0.25) is 9.78 Å². The van der Waals surface area contributed by atoms with Gasteiger partial charge in [0.1, 0.15) is 0 Å². The predicted molar refractivity (Wildman–Crippen MR) is 99.3 cm³/mol. The van der Waals surface area contributed by atoms with Crippen LogP contribution in [0, 0.1) is 5.92 Å². The first kappa shape index (κ1) is 20.4. The van der Waals surface area contributed by atoms with Crippen molar-refractivity contribution in [2.24, 2.45) is 5.92 Å². The maximum absolute atomic E-state index is 12.0. The van der Waals surface area contributed by atoms with E-state index in [1.165, 1.54) is 12.8 Å². The fourth-order valence-electron chi connectivity index (χ4n) is 2.74. The maximum atomic E-state index is 12.0. The normalized spacial score (nSPS) is 14.3. The Labute approximate surface area is 154 Å². The van der Waals surface area contributed by atoms with Gasteiger partial charge in [0.25, 0.3) is 0 Å². The number of anilines is 1. The van der Waals surface area contributed by atoms with E-state index in [9.17, 15) is 4.79 Å². The second-order valence-corrected chi connectivity index (χ2v) is 5.63. The summed E-state index contributed by atoms with van der Waals surface area (Å²) in [5, 5.41) is 10.6. The lowest BCUT2D eigenvalue weighted by atomic mass is 9.93. The molecule has 0 spiro atoms. The highest BCUT2D eigenvalue weighted by atomic mass is 35.5. The molecule has 1 aliphatic heterocycles. The van der Waals surface area contributed by atoms with E-state index >= 15 is 0 Å². The minimum absolute atomic E-state index is 0. The molecule has 0 bridgehead atoms. The molecular formula is C16H23Cl2N5O. The number of carbonyl (C=O) groups excluding carboxylic acids is 1. The van der Waals surface area contributed by atoms with Gasteiger partial charge in [-0.1, -0.05) is 0 Å². The van der Waals surface area contributed by atoms with Crippen molar-refractivity contribution in [3.63, 3.8) is 0 Å². The molecule has 0 aromatic carbocycles. The van der Waals surface area contributed by atoms with Gasteiger partial charge in [-0.25, -0.2) is 4.68 Å². The zero-order valence-corrected chi connectivity index (χ0v) is 15.0. The molecule has 0 unspecified atom stereocenters. The van der Waals surface area contributed by atoms with Crippen LogP contribution in [0.4, 0.5) is 5.82 Å². The van der Waals surface area contributed by atoms with Gasteiger partial charge in [0, 0.05) is 31.1 Å². The number of amides is 1. The lowest BCUT2D eigenvalue weighted by Gasteiger charge is -2.21. The number of hydrogen-bond acceptors (Lipinski definition) is 4. The van der Waals surface area contributed by atoms with Crippen LogP contribution in [0.5, 0.6) is 0 Å². The van der Waals surface area contributed by atoms with Gasteiger partial charge in [0.05, 0.1) is 5.69 Å². The highest BCUT2D eigenvalue weighted by Crippen LogP contribution is 2.18. The molecule has 1 amide bonds. The van der Waals surface area contributed by atoms with Crippen molar-refractivity contribution in [3.8, 4) is 5.69 Å². The van der Waals surface area contributed by atoms with Gasteiger partial charge in [-0.05, 0) is 50.4 Å². The summed E-state index contributed by atoms with van der Waals surface area (Å²) in [4.78, 5) is 16.0. The van der Waals surface area contributed by atoms with Gasteiger partial charge < -0.3 is 10.6 Å². The van der Waals surface area contributed by atoms with Crippen molar-refractivity contribution in [3.05, 3.63) is 36.8 Å². The van der Waals surface area contributed by atoms with E-state index in [2.05, 4.69) is 20.7 Å². The average molecular weight is 372 g/mol. The van der Waals surface area contributed by atoms with Crippen LogP contribution < -0.4 is 10.6 Å². The number of nitrogens with zero attached hydrogens (tertiary/aromatic N) is 3. The van der Waals surface area contributed by atoms with Gasteiger partial charge >= 0.3 is 0 Å². The van der Waals surface area contributed by atoms with Crippen molar-refractivity contribution >= 4 is 36.5 Å². The molecule has 6 nitrogen and oxygen atoms in total. The summed E-state index contributed by atoms with van der Waals surface area (Å²) < 4.78 is 1.73. The molecule has 0 atom stereocenters. The number of pyridine rings is 1. The lowest BCUT2D eigenvalue weighted by molar-refractivity contribution is -0.116. The predicted octanol–water partition coefficient (Wildman–Crippen LogP) is 2.83. The van der Waals surface area contributed by atoms with Crippen LogP contribution in [0.3, 0.4) is 0 Å². The molecule has 2 aromatic rings. The third kappa shape index (κ3) is 5.78. The fourth-order valence-corrected chi connectivity index (χ4v) is 2.74. The molecule has 1 aliphatic rings. The Bertz CT molecular complexity index is 614. The molecule has 2 aromatic heterocycles. The first-order valence-electron chi connectivity index (χ1n) is 7.78. The number of nitrogens with one attached hydrogen (secondary N) is 2. The van der Waals surface area contributed by atoms with Crippen LogP contribution >= 0.6 is 24.8 Å². The quantitative estimate of drug-likeness (QED) is 0.847. The van der Waals surface area contributed by atoms with Crippen LogP contribution in [-0.2, 0) is 4.79 Å². The zero-order valence-electron chi connectivity index (χ0n) is 13.4. The molecule has 8 heteroatoms. The average Bonchev–Trinajstić information content (AvgIpc) is 3.03. The topological polar surface area (TPSA) is 71.8 Å². The zero-order chi connectivity index (χ0) is 15.2. The van der Waals surface area contributed by atoms with E-state index in [1.807, 2.05) is 24.4 Å². The molecule has 0 aliphatic carbocycles. The number of rotatable bonds is 5. The van der Waals surface area contributed by atoms with E-state index in [1.54, 1.807) is 17.1 Å². The molecule has 2 N–H and O–H groups in total. The molecule has 3 heterocycles. The highest BCUT2D eigenvalue weighted by Gasteiger charge is 2.15. The summed E-state index contributed by atoms with van der Waals surface area (Å²) in [6.45, 7) is 2.14. The van der Waals surface area contributed by atoms with E-state index in [0.29, 0.717) is 18.2 Å². The maximum Gasteiger partial charge on any atom is 0.225 e. The van der Waals surface area contributed by atoms with E-state index in [-0.39, 0.29) is 30.7 Å². The Kier molecular flexibility index (Phi) is 8.74. The first-order valence-corrected chi connectivity index (χ1v) is 7.78. The third-order valence-electron chi connectivity index (χ3n) is 4.02. The number of halogens is 2. The van der Waals surface area contributed by atoms with Gasteiger partial charge in [0.15, 0.2) is 5.82 Å². The molecule has 24 heavy (non-hydrogen) atoms. The van der Waals surface area contributed by atoms with Gasteiger partial charge in [-0.15, -0.1) is 24.8 Å². The van der Waals surface area contributed by atoms with E-state index < -0.39 is 0 Å². The smallest absolute Gasteiger partial charge is 0.225 e. The summed E-state index contributed by atoms with van der Waals surface area (Å²) in [5.41, 5.74) is 0.921. The Hall–Kier alpha value is -1.63. The summed E-state index contributed by atoms with van der Waals surface area (Å²) in [5.74, 6) is 1.30. The molecule has 0 radical (unpaired) electrons. The number of hydrogen-bond donors (Lipinski definition) is 2. The molecule has 3 rings (SSSR count). The monoisotopic (exact) mass is 371 g/mol. The Morgan fingerprint density at radius 2 is 1.92 bits per heavy atom. The highest BCUT2D eigenvalue weighted by molar-refractivity contribution is 5.89. The summed E-state index contributed by atoms with van der Waals surface area (Å²) >= 11 is 0. The molecular weight excluding hydrogens is 349 g/mol. The number of aromatic nitrogens is 3. The van der Waals surface area contributed by atoms with Crippen molar-refractivity contribution in [1.29, 1.82) is 0 Å². The second-order valence-electron chi connectivity index (χ2n) is 5.63. The number of carbonyl (C=O) groups is 1. The van der Waals surface area contributed by atoms with Crippen LogP contribution in [0.25, 0.3) is 5.69 Å². The van der Waals surface area contributed by atoms with Gasteiger partial charge in [-0.2, -0.15) is 5.10 Å². The lowest BCUT2D eigenvalue weighted by Crippen LogP contribution is -2.28. The largest absolute Gasteiger partial charge is 0.317 e. The van der Waals surface area contributed by atoms with Crippen LogP contribution in [0.1, 0.15) is 25.7 Å². The van der Waals surface area contributed by atoms with Crippen molar-refractivity contribution in [2.45, 2.75) is 25.7 Å². The molecule has 1 fully saturated rings. The van der Waals surface area contributed by atoms with E-state index in [4.69, 9.17) is 0 Å². The molecule has 0 saturated carbocycles. The fraction of sp³-hybridized carbons (Fsp3) is 0.438. The van der Waals surface area contributed by atoms with Crippen LogP contribution in [0.2, 0.25) is 0 Å². The minimum atomic E-state index is 0. The van der Waals surface area contributed by atoms with E-state index in [0.717, 1.165) is 25.2 Å². The Morgan fingerprint density at radius 3 is 2.62 bits per heavy atom. The Morgan fingerprint density at radius 1 is 1.21 bits per heavy atom. The number of piperidine rings is 1. The second kappa shape index (κ2) is 10.3. The first-order chi connectivity index (χ1) is 10.8. The van der Waals surface area contributed by atoms with Crippen molar-refractivity contribution in [1.82, 2.24) is 20.1 Å². The summed E-state index contributed by atoms with van der Waals surface area (Å²) in [6.07, 6.45) is 9.12.